The molecular formula is C8H9Br2N. The number of pyridine rings is 1. The zero-order valence-electron chi connectivity index (χ0n) is 6.22. The summed E-state index contributed by atoms with van der Waals surface area (Å²) in [7, 11) is 0. The predicted molar refractivity (Wildman–Crippen MR) is 54.3 cm³/mol. The van der Waals surface area contributed by atoms with Crippen molar-refractivity contribution in [3.05, 3.63) is 30.1 Å². The first kappa shape index (κ1) is 9.20. The Kier molecular flexibility index (Phi) is 3.07. The summed E-state index contributed by atoms with van der Waals surface area (Å²) in [5.74, 6) is 0. The van der Waals surface area contributed by atoms with Gasteiger partial charge in [0.1, 0.15) is 0 Å². The van der Waals surface area contributed by atoms with E-state index < -0.39 is 0 Å². The van der Waals surface area contributed by atoms with Crippen molar-refractivity contribution in [1.29, 1.82) is 0 Å². The molecule has 0 N–H and O–H groups in total. The molecule has 3 heteroatoms. The summed E-state index contributed by atoms with van der Waals surface area (Å²) in [4.78, 5) is 3.96. The first-order valence-electron chi connectivity index (χ1n) is 3.32. The quantitative estimate of drug-likeness (QED) is 0.758. The van der Waals surface area contributed by atoms with Crippen molar-refractivity contribution < 1.29 is 0 Å². The van der Waals surface area contributed by atoms with Crippen molar-refractivity contribution in [2.75, 3.05) is 5.33 Å². The van der Waals surface area contributed by atoms with Crippen LogP contribution in [0.3, 0.4) is 0 Å². The lowest BCUT2D eigenvalue weighted by Gasteiger charge is -2.19. The summed E-state index contributed by atoms with van der Waals surface area (Å²) in [5, 5.41) is 0.893. The highest BCUT2D eigenvalue weighted by molar-refractivity contribution is 9.12. The van der Waals surface area contributed by atoms with Gasteiger partial charge in [0.25, 0.3) is 0 Å². The monoisotopic (exact) mass is 277 g/mol. The SMILES string of the molecule is C[C@](Br)(CBr)c1ccncc1. The number of hydrogen-bond acceptors (Lipinski definition) is 1. The molecule has 1 atom stereocenters. The van der Waals surface area contributed by atoms with Crippen molar-refractivity contribution in [3.63, 3.8) is 0 Å². The number of halogens is 2. The zero-order chi connectivity index (χ0) is 8.32. The Morgan fingerprint density at radius 2 is 2.00 bits per heavy atom. The standard InChI is InChI=1S/C8H9Br2N/c1-8(10,6-9)7-2-4-11-5-3-7/h2-5H,6H2,1H3/t8-/m0/s1. The number of aromatic nitrogens is 1. The van der Waals surface area contributed by atoms with Crippen LogP contribution in [-0.2, 0) is 4.32 Å². The summed E-state index contributed by atoms with van der Waals surface area (Å²) >= 11 is 7.05. The predicted octanol–water partition coefficient (Wildman–Crippen LogP) is 3.09. The van der Waals surface area contributed by atoms with Crippen LogP contribution >= 0.6 is 31.9 Å². The van der Waals surface area contributed by atoms with Crippen molar-refractivity contribution in [3.8, 4) is 0 Å². The largest absolute Gasteiger partial charge is 0.265 e. The fraction of sp³-hybridized carbons (Fsp3) is 0.375. The Morgan fingerprint density at radius 1 is 1.45 bits per heavy atom. The summed E-state index contributed by atoms with van der Waals surface area (Å²) in [6.07, 6.45) is 3.61. The molecule has 60 valence electrons. The molecule has 0 bridgehead atoms. The van der Waals surface area contributed by atoms with E-state index in [-0.39, 0.29) is 4.32 Å². The highest BCUT2D eigenvalue weighted by Crippen LogP contribution is 2.31. The van der Waals surface area contributed by atoms with Crippen LogP contribution in [0.2, 0.25) is 0 Å². The van der Waals surface area contributed by atoms with E-state index in [2.05, 4.69) is 43.8 Å². The lowest BCUT2D eigenvalue weighted by atomic mass is 10.1. The van der Waals surface area contributed by atoms with Crippen LogP contribution in [0.1, 0.15) is 12.5 Å². The van der Waals surface area contributed by atoms with E-state index in [1.807, 2.05) is 12.1 Å². The van der Waals surface area contributed by atoms with Crippen LogP contribution in [0.15, 0.2) is 24.5 Å². The minimum atomic E-state index is 0.0238. The van der Waals surface area contributed by atoms with Gasteiger partial charge in [0.2, 0.25) is 0 Å². The lowest BCUT2D eigenvalue weighted by molar-refractivity contribution is 0.821. The summed E-state index contributed by atoms with van der Waals surface area (Å²) in [6.45, 7) is 2.12. The van der Waals surface area contributed by atoms with Crippen molar-refractivity contribution >= 4 is 31.9 Å². The van der Waals surface area contributed by atoms with Crippen LogP contribution in [-0.4, -0.2) is 10.3 Å². The molecule has 0 radical (unpaired) electrons. The van der Waals surface area contributed by atoms with Gasteiger partial charge < -0.3 is 0 Å². The van der Waals surface area contributed by atoms with E-state index in [4.69, 9.17) is 0 Å². The van der Waals surface area contributed by atoms with Crippen molar-refractivity contribution in [1.82, 2.24) is 4.98 Å². The van der Waals surface area contributed by atoms with E-state index in [0.717, 1.165) is 5.33 Å². The number of nitrogens with zero attached hydrogens (tertiary/aromatic N) is 1. The molecule has 11 heavy (non-hydrogen) atoms. The average Bonchev–Trinajstić information content (AvgIpc) is 2.06. The van der Waals surface area contributed by atoms with Gasteiger partial charge in [0, 0.05) is 17.7 Å². The Bertz CT molecular complexity index is 221. The molecule has 0 amide bonds. The fourth-order valence-corrected chi connectivity index (χ4v) is 1.36. The second-order valence-corrected chi connectivity index (χ2v) is 4.88. The molecule has 1 rings (SSSR count). The fourth-order valence-electron chi connectivity index (χ4n) is 0.777. The minimum absolute atomic E-state index is 0.0238. The number of hydrogen-bond donors (Lipinski definition) is 0. The van der Waals surface area contributed by atoms with Gasteiger partial charge in [-0.2, -0.15) is 0 Å². The van der Waals surface area contributed by atoms with Gasteiger partial charge in [-0.3, -0.25) is 4.98 Å². The van der Waals surface area contributed by atoms with Gasteiger partial charge in [0.05, 0.1) is 4.32 Å². The number of rotatable bonds is 2. The first-order chi connectivity index (χ1) is 5.17. The van der Waals surface area contributed by atoms with Gasteiger partial charge >= 0.3 is 0 Å². The van der Waals surface area contributed by atoms with Crippen molar-refractivity contribution in [2.24, 2.45) is 0 Å². The normalized spacial score (nSPS) is 15.9. The Hall–Kier alpha value is 0.110. The third-order valence-corrected chi connectivity index (χ3v) is 4.15. The van der Waals surface area contributed by atoms with Crippen LogP contribution < -0.4 is 0 Å². The smallest absolute Gasteiger partial charge is 0.0575 e. The van der Waals surface area contributed by atoms with Gasteiger partial charge in [-0.15, -0.1) is 0 Å². The molecule has 0 aliphatic rings. The van der Waals surface area contributed by atoms with Gasteiger partial charge in [-0.25, -0.2) is 0 Å². The number of alkyl halides is 2. The highest BCUT2D eigenvalue weighted by Gasteiger charge is 2.20. The lowest BCUT2D eigenvalue weighted by Crippen LogP contribution is -2.14. The second-order valence-electron chi connectivity index (χ2n) is 2.57. The summed E-state index contributed by atoms with van der Waals surface area (Å²) < 4.78 is 0.0238. The molecule has 1 aromatic heterocycles. The highest BCUT2D eigenvalue weighted by atomic mass is 79.9. The molecule has 0 aliphatic carbocycles. The minimum Gasteiger partial charge on any atom is -0.265 e. The van der Waals surface area contributed by atoms with Crippen LogP contribution in [0.5, 0.6) is 0 Å². The van der Waals surface area contributed by atoms with Crippen LogP contribution in [0, 0.1) is 0 Å². The Balaban J connectivity index is 2.93. The van der Waals surface area contributed by atoms with Crippen LogP contribution in [0.4, 0.5) is 0 Å². The zero-order valence-corrected chi connectivity index (χ0v) is 9.39. The van der Waals surface area contributed by atoms with E-state index in [1.54, 1.807) is 12.4 Å². The molecule has 0 aliphatic heterocycles. The molecule has 0 fully saturated rings. The molecule has 0 saturated heterocycles. The Morgan fingerprint density at radius 3 is 2.45 bits per heavy atom. The van der Waals surface area contributed by atoms with Gasteiger partial charge in [0.15, 0.2) is 0 Å². The molecule has 0 spiro atoms. The van der Waals surface area contributed by atoms with E-state index >= 15 is 0 Å². The van der Waals surface area contributed by atoms with Crippen LogP contribution in [0.25, 0.3) is 0 Å². The third kappa shape index (κ3) is 2.27. The molecule has 1 aromatic rings. The summed E-state index contributed by atoms with van der Waals surface area (Å²) in [6, 6.07) is 4.02. The molecule has 0 unspecified atom stereocenters. The molecule has 0 aromatic carbocycles. The maximum atomic E-state index is 3.96. The van der Waals surface area contributed by atoms with Crippen molar-refractivity contribution in [2.45, 2.75) is 11.2 Å². The van der Waals surface area contributed by atoms with Gasteiger partial charge in [-0.1, -0.05) is 31.9 Å². The Labute approximate surface area is 83.5 Å². The van der Waals surface area contributed by atoms with E-state index in [1.165, 1.54) is 5.56 Å². The first-order valence-corrected chi connectivity index (χ1v) is 5.23. The molecule has 0 saturated carbocycles. The maximum absolute atomic E-state index is 3.96. The maximum Gasteiger partial charge on any atom is 0.0575 e. The molecule has 1 heterocycles. The average molecular weight is 279 g/mol. The third-order valence-electron chi connectivity index (χ3n) is 1.53. The topological polar surface area (TPSA) is 12.9 Å². The molecular weight excluding hydrogens is 270 g/mol. The summed E-state index contributed by atoms with van der Waals surface area (Å²) in [5.41, 5.74) is 1.24. The second kappa shape index (κ2) is 3.68. The van der Waals surface area contributed by atoms with E-state index in [0.29, 0.717) is 0 Å². The van der Waals surface area contributed by atoms with E-state index in [9.17, 15) is 0 Å². The molecule has 1 nitrogen and oxygen atoms in total. The van der Waals surface area contributed by atoms with Gasteiger partial charge in [-0.05, 0) is 24.6 Å².